The predicted molar refractivity (Wildman–Crippen MR) is 161 cm³/mol. The molecule has 3 aliphatic rings. The van der Waals surface area contributed by atoms with Crippen LogP contribution in [-0.2, 0) is 19.1 Å². The number of halogens is 1. The van der Waals surface area contributed by atoms with Crippen molar-refractivity contribution in [3.63, 3.8) is 0 Å². The van der Waals surface area contributed by atoms with Gasteiger partial charge in [0.2, 0.25) is 5.91 Å². The lowest BCUT2D eigenvalue weighted by Gasteiger charge is -2.37. The molecular weight excluding hydrogens is 596 g/mol. The Balaban J connectivity index is 1.70. The fraction of sp³-hybridized carbons (Fsp3) is 0.567. The van der Waals surface area contributed by atoms with E-state index in [4.69, 9.17) is 14.6 Å². The monoisotopic (exact) mass is 634 g/mol. The Bertz CT molecular complexity index is 1100. The molecule has 3 aliphatic heterocycles. The average Bonchev–Trinajstić information content (AvgIpc) is 3.54. The number of thioether (sulfide) groups is 1. The number of nitrogens with zero attached hydrogens (tertiary/aromatic N) is 2. The van der Waals surface area contributed by atoms with E-state index in [2.05, 4.69) is 29.1 Å². The minimum atomic E-state index is -0.744. The molecule has 1 aromatic carbocycles. The second-order valence-corrected chi connectivity index (χ2v) is 13.2. The molecule has 4 rings (SSSR count). The third-order valence-electron chi connectivity index (χ3n) is 8.13. The zero-order valence-corrected chi connectivity index (χ0v) is 25.4. The molecular formula is C30H39BrN2O6S. The lowest BCUT2D eigenvalue weighted by Crippen LogP contribution is -2.55. The zero-order valence-electron chi connectivity index (χ0n) is 23.0. The number of fused-ring (bicyclic) bond motifs is 1. The van der Waals surface area contributed by atoms with Crippen LogP contribution in [0.15, 0.2) is 49.6 Å². The molecule has 2 bridgehead atoms. The number of hydrogen-bond donors (Lipinski definition) is 1. The van der Waals surface area contributed by atoms with Gasteiger partial charge in [-0.1, -0.05) is 40.9 Å². The zero-order chi connectivity index (χ0) is 28.9. The molecule has 218 valence electrons. The van der Waals surface area contributed by atoms with Gasteiger partial charge in [-0.05, 0) is 49.9 Å². The Hall–Kier alpha value is -2.30. The first kappa shape index (κ1) is 30.7. The average molecular weight is 636 g/mol. The summed E-state index contributed by atoms with van der Waals surface area (Å²) in [5.74, 6) is -1.26. The summed E-state index contributed by atoms with van der Waals surface area (Å²) in [4.78, 5) is 45.5. The molecule has 40 heavy (non-hydrogen) atoms. The summed E-state index contributed by atoms with van der Waals surface area (Å²) in [6.45, 7) is 8.61. The van der Waals surface area contributed by atoms with Crippen molar-refractivity contribution in [2.45, 2.75) is 59.4 Å². The van der Waals surface area contributed by atoms with Crippen LogP contribution < -0.4 is 9.64 Å². The number of ether oxygens (including phenoxy) is 2. The number of esters is 1. The number of anilines is 1. The molecule has 0 aromatic heterocycles. The van der Waals surface area contributed by atoms with Crippen molar-refractivity contribution in [3.05, 3.63) is 49.6 Å². The Morgan fingerprint density at radius 2 is 1.93 bits per heavy atom. The number of alkyl halides is 1. The summed E-state index contributed by atoms with van der Waals surface area (Å²) in [7, 11) is 1.59. The van der Waals surface area contributed by atoms with Gasteiger partial charge in [-0.25, -0.2) is 0 Å². The van der Waals surface area contributed by atoms with Crippen LogP contribution >= 0.6 is 27.7 Å². The minimum Gasteiger partial charge on any atom is -0.497 e. The van der Waals surface area contributed by atoms with E-state index in [-0.39, 0.29) is 47.6 Å². The predicted octanol–water partition coefficient (Wildman–Crippen LogP) is 4.35. The Morgan fingerprint density at radius 3 is 2.58 bits per heavy atom. The number of carbonyl (C=O) groups is 3. The summed E-state index contributed by atoms with van der Waals surface area (Å²) in [5.41, 5.74) is 0.689. The van der Waals surface area contributed by atoms with Crippen molar-refractivity contribution in [2.75, 3.05) is 38.3 Å². The molecule has 6 atom stereocenters. The molecule has 0 radical (unpaired) electrons. The summed E-state index contributed by atoms with van der Waals surface area (Å²) >= 11 is 5.39. The van der Waals surface area contributed by atoms with Crippen LogP contribution in [0.25, 0.3) is 0 Å². The van der Waals surface area contributed by atoms with Crippen LogP contribution in [0.2, 0.25) is 0 Å². The number of unbranched alkanes of at least 4 members (excludes halogenated alkanes) is 3. The minimum absolute atomic E-state index is 0.0212. The largest absolute Gasteiger partial charge is 0.497 e. The van der Waals surface area contributed by atoms with Crippen LogP contribution in [0.5, 0.6) is 5.75 Å². The highest BCUT2D eigenvalue weighted by Crippen LogP contribution is 2.68. The summed E-state index contributed by atoms with van der Waals surface area (Å²) in [6, 6.07) is 6.54. The highest BCUT2D eigenvalue weighted by molar-refractivity contribution is 9.09. The number of hydrogen-bond acceptors (Lipinski definition) is 7. The van der Waals surface area contributed by atoms with Crippen molar-refractivity contribution < 1.29 is 29.0 Å². The van der Waals surface area contributed by atoms with Gasteiger partial charge in [0.15, 0.2) is 0 Å². The van der Waals surface area contributed by atoms with Gasteiger partial charge in [0.05, 0.1) is 30.3 Å². The molecule has 0 saturated carbocycles. The molecule has 8 nitrogen and oxygen atoms in total. The molecule has 10 heteroatoms. The number of aliphatic hydroxyl groups is 1. The fourth-order valence-corrected chi connectivity index (χ4v) is 9.96. The third-order valence-corrected chi connectivity index (χ3v) is 11.4. The van der Waals surface area contributed by atoms with Crippen molar-refractivity contribution in [3.8, 4) is 5.75 Å². The maximum absolute atomic E-state index is 14.6. The van der Waals surface area contributed by atoms with E-state index in [1.807, 2.05) is 12.1 Å². The summed E-state index contributed by atoms with van der Waals surface area (Å²) < 4.78 is 10.2. The number of carbonyl (C=O) groups excluding carboxylic acids is 3. The van der Waals surface area contributed by atoms with E-state index in [0.717, 1.165) is 12.8 Å². The SMILES string of the molecule is C=CCCOC(=O)[C@H]1[C@H]2C(=O)N(CCCCCCO)C(C(=O)N(CC=C)c3ccc(OC)cc3)C23CC(Br)[C@@H]1S3. The lowest BCUT2D eigenvalue weighted by atomic mass is 9.71. The van der Waals surface area contributed by atoms with Crippen LogP contribution in [0.1, 0.15) is 38.5 Å². The van der Waals surface area contributed by atoms with Crippen LogP contribution in [0.4, 0.5) is 5.69 Å². The molecule has 0 aliphatic carbocycles. The smallest absolute Gasteiger partial charge is 0.310 e. The van der Waals surface area contributed by atoms with Gasteiger partial charge in [0.1, 0.15) is 11.8 Å². The Kier molecular flexibility index (Phi) is 10.4. The lowest BCUT2D eigenvalue weighted by molar-refractivity contribution is -0.154. The molecule has 1 aromatic rings. The van der Waals surface area contributed by atoms with Gasteiger partial charge in [0, 0.05) is 35.5 Å². The quantitative estimate of drug-likeness (QED) is 0.133. The number of aliphatic hydroxyl groups excluding tert-OH is 1. The van der Waals surface area contributed by atoms with E-state index >= 15 is 0 Å². The molecule has 3 saturated heterocycles. The summed E-state index contributed by atoms with van der Waals surface area (Å²) in [6.07, 6.45) is 7.62. The third kappa shape index (κ3) is 5.72. The molecule has 1 spiro atoms. The second-order valence-electron chi connectivity index (χ2n) is 10.5. The van der Waals surface area contributed by atoms with Crippen LogP contribution in [0, 0.1) is 11.8 Å². The van der Waals surface area contributed by atoms with Gasteiger partial charge in [-0.3, -0.25) is 14.4 Å². The maximum atomic E-state index is 14.6. The second kappa shape index (κ2) is 13.6. The van der Waals surface area contributed by atoms with Crippen molar-refractivity contribution >= 4 is 51.2 Å². The van der Waals surface area contributed by atoms with Crippen molar-refractivity contribution in [1.82, 2.24) is 4.90 Å². The highest BCUT2D eigenvalue weighted by Gasteiger charge is 2.76. The highest BCUT2D eigenvalue weighted by atomic mass is 79.9. The van der Waals surface area contributed by atoms with E-state index in [1.54, 1.807) is 53.0 Å². The topological polar surface area (TPSA) is 96.4 Å². The number of likely N-dealkylation sites (tertiary alicyclic amines) is 1. The first-order valence-corrected chi connectivity index (χ1v) is 15.7. The Labute approximate surface area is 249 Å². The first-order valence-electron chi connectivity index (χ1n) is 13.9. The number of rotatable bonds is 15. The number of benzene rings is 1. The van der Waals surface area contributed by atoms with Crippen molar-refractivity contribution in [1.29, 1.82) is 0 Å². The fourth-order valence-electron chi connectivity index (χ4n) is 6.37. The summed E-state index contributed by atoms with van der Waals surface area (Å²) in [5, 5.41) is 9.01. The van der Waals surface area contributed by atoms with Gasteiger partial charge in [-0.15, -0.1) is 24.9 Å². The molecule has 3 fully saturated rings. The van der Waals surface area contributed by atoms with Gasteiger partial charge in [0.25, 0.3) is 5.91 Å². The van der Waals surface area contributed by atoms with Gasteiger partial charge < -0.3 is 24.4 Å². The van der Waals surface area contributed by atoms with Crippen molar-refractivity contribution in [2.24, 2.45) is 11.8 Å². The Morgan fingerprint density at radius 1 is 1.20 bits per heavy atom. The van der Waals surface area contributed by atoms with E-state index in [1.165, 1.54) is 0 Å². The maximum Gasteiger partial charge on any atom is 0.310 e. The van der Waals surface area contributed by atoms with E-state index in [9.17, 15) is 14.4 Å². The molecule has 2 amide bonds. The standard InChI is InChI=1S/C30H39BrN2O6S/c1-4-6-18-39-29(37)23-24-27(35)33(16-9-7-8-10-17-34)26(30(24)19-22(31)25(23)40-30)28(36)32(15-5-2)20-11-13-21(38-3)14-12-20/h4-5,11-14,22-26,34H,1-2,6-10,15-19H2,3H3/t22?,23-,24-,25-,26?,30?/m0/s1. The van der Waals surface area contributed by atoms with E-state index in [0.29, 0.717) is 43.7 Å². The van der Waals surface area contributed by atoms with Crippen LogP contribution in [-0.4, -0.2) is 82.1 Å². The van der Waals surface area contributed by atoms with E-state index < -0.39 is 22.6 Å². The van der Waals surface area contributed by atoms with Crippen LogP contribution in [0.3, 0.4) is 0 Å². The normalized spacial score (nSPS) is 28.3. The van der Waals surface area contributed by atoms with Gasteiger partial charge in [-0.2, -0.15) is 0 Å². The molecule has 1 N–H and O–H groups in total. The molecule has 3 unspecified atom stereocenters. The molecule has 3 heterocycles. The number of methoxy groups -OCH3 is 1. The van der Waals surface area contributed by atoms with Gasteiger partial charge >= 0.3 is 5.97 Å². The first-order chi connectivity index (χ1) is 19.3. The number of amides is 2.